The molecule has 0 spiro atoms. The SMILES string of the molecule is Cc1cccc2[nH]c(COCC(=O)N3CCC[C@H](Cn4ccnc4)C3)nc12. The van der Waals surface area contributed by atoms with Crippen LogP contribution in [0.3, 0.4) is 0 Å². The van der Waals surface area contributed by atoms with Gasteiger partial charge in [-0.1, -0.05) is 12.1 Å². The molecule has 0 bridgehead atoms. The third-order valence-corrected chi connectivity index (χ3v) is 5.13. The number of hydrogen-bond acceptors (Lipinski definition) is 4. The van der Waals surface area contributed by atoms with E-state index in [1.54, 1.807) is 6.20 Å². The number of nitrogens with one attached hydrogen (secondary N) is 1. The second-order valence-electron chi connectivity index (χ2n) is 7.25. The first-order valence-corrected chi connectivity index (χ1v) is 9.44. The monoisotopic (exact) mass is 367 g/mol. The van der Waals surface area contributed by atoms with Crippen LogP contribution in [0, 0.1) is 12.8 Å². The lowest BCUT2D eigenvalue weighted by Crippen LogP contribution is -2.42. The van der Waals surface area contributed by atoms with Crippen LogP contribution in [0.25, 0.3) is 11.0 Å². The van der Waals surface area contributed by atoms with E-state index in [4.69, 9.17) is 4.74 Å². The molecule has 142 valence electrons. The Morgan fingerprint density at radius 3 is 3.15 bits per heavy atom. The van der Waals surface area contributed by atoms with Gasteiger partial charge in [0.05, 0.1) is 17.4 Å². The number of ether oxygens (including phenoxy) is 1. The maximum atomic E-state index is 12.5. The van der Waals surface area contributed by atoms with Crippen molar-refractivity contribution in [2.75, 3.05) is 19.7 Å². The summed E-state index contributed by atoms with van der Waals surface area (Å²) in [5.41, 5.74) is 3.09. The summed E-state index contributed by atoms with van der Waals surface area (Å²) in [5, 5.41) is 0. The van der Waals surface area contributed by atoms with E-state index in [1.165, 1.54) is 0 Å². The van der Waals surface area contributed by atoms with Crippen molar-refractivity contribution in [3.05, 3.63) is 48.3 Å². The average Bonchev–Trinajstić information content (AvgIpc) is 3.32. The lowest BCUT2D eigenvalue weighted by atomic mass is 9.98. The molecule has 0 unspecified atom stereocenters. The molecule has 3 heterocycles. The summed E-state index contributed by atoms with van der Waals surface area (Å²) >= 11 is 0. The summed E-state index contributed by atoms with van der Waals surface area (Å²) in [6, 6.07) is 6.03. The van der Waals surface area contributed by atoms with E-state index < -0.39 is 0 Å². The largest absolute Gasteiger partial charge is 0.364 e. The molecule has 1 atom stereocenters. The van der Waals surface area contributed by atoms with Gasteiger partial charge in [0, 0.05) is 32.0 Å². The quantitative estimate of drug-likeness (QED) is 0.726. The molecule has 1 aliphatic rings. The Kier molecular flexibility index (Phi) is 5.20. The predicted octanol–water partition coefficient (Wildman–Crippen LogP) is 2.52. The van der Waals surface area contributed by atoms with Crippen molar-refractivity contribution in [1.82, 2.24) is 24.4 Å². The second-order valence-corrected chi connectivity index (χ2v) is 7.25. The van der Waals surface area contributed by atoms with Gasteiger partial charge in [0.15, 0.2) is 0 Å². The smallest absolute Gasteiger partial charge is 0.248 e. The van der Waals surface area contributed by atoms with Gasteiger partial charge in [0.2, 0.25) is 5.91 Å². The number of aromatic amines is 1. The van der Waals surface area contributed by atoms with Gasteiger partial charge in [0.1, 0.15) is 19.0 Å². The minimum absolute atomic E-state index is 0.0534. The van der Waals surface area contributed by atoms with E-state index in [1.807, 2.05) is 42.5 Å². The summed E-state index contributed by atoms with van der Waals surface area (Å²) in [7, 11) is 0. The van der Waals surface area contributed by atoms with Crippen molar-refractivity contribution >= 4 is 16.9 Å². The zero-order valence-electron chi connectivity index (χ0n) is 15.6. The summed E-state index contributed by atoms with van der Waals surface area (Å²) in [6.07, 6.45) is 7.77. The predicted molar refractivity (Wildman–Crippen MR) is 102 cm³/mol. The van der Waals surface area contributed by atoms with Gasteiger partial charge in [-0.05, 0) is 37.3 Å². The number of nitrogens with zero attached hydrogens (tertiary/aromatic N) is 4. The van der Waals surface area contributed by atoms with E-state index in [9.17, 15) is 4.79 Å². The lowest BCUT2D eigenvalue weighted by molar-refractivity contribution is -0.138. The van der Waals surface area contributed by atoms with Gasteiger partial charge >= 0.3 is 0 Å². The molecular formula is C20H25N5O2. The van der Waals surface area contributed by atoms with Gasteiger partial charge in [-0.3, -0.25) is 4.79 Å². The van der Waals surface area contributed by atoms with Crippen LogP contribution in [-0.4, -0.2) is 50.0 Å². The number of benzene rings is 1. The molecule has 1 saturated heterocycles. The number of carbonyl (C=O) groups excluding carboxylic acids is 1. The summed E-state index contributed by atoms with van der Waals surface area (Å²) in [4.78, 5) is 26.3. The van der Waals surface area contributed by atoms with Crippen LogP contribution in [0.15, 0.2) is 36.9 Å². The highest BCUT2D eigenvalue weighted by molar-refractivity contribution is 5.78. The van der Waals surface area contributed by atoms with E-state index in [0.29, 0.717) is 12.5 Å². The van der Waals surface area contributed by atoms with Crippen molar-refractivity contribution in [3.63, 3.8) is 0 Å². The second kappa shape index (κ2) is 7.92. The van der Waals surface area contributed by atoms with Crippen LogP contribution in [-0.2, 0) is 22.7 Å². The fraction of sp³-hybridized carbons (Fsp3) is 0.450. The van der Waals surface area contributed by atoms with Crippen molar-refractivity contribution in [2.24, 2.45) is 5.92 Å². The van der Waals surface area contributed by atoms with Crippen molar-refractivity contribution in [3.8, 4) is 0 Å². The van der Waals surface area contributed by atoms with Gasteiger partial charge in [-0.2, -0.15) is 0 Å². The van der Waals surface area contributed by atoms with Gasteiger partial charge in [-0.25, -0.2) is 9.97 Å². The molecule has 0 aliphatic carbocycles. The maximum Gasteiger partial charge on any atom is 0.248 e. The van der Waals surface area contributed by atoms with Gasteiger partial charge in [-0.15, -0.1) is 0 Å². The number of piperidine rings is 1. The Labute approximate surface area is 158 Å². The van der Waals surface area contributed by atoms with Crippen LogP contribution in [0.5, 0.6) is 0 Å². The molecule has 4 rings (SSSR count). The van der Waals surface area contributed by atoms with Gasteiger partial charge < -0.3 is 19.2 Å². The van der Waals surface area contributed by atoms with Crippen LogP contribution in [0.1, 0.15) is 24.2 Å². The minimum Gasteiger partial charge on any atom is -0.364 e. The number of para-hydroxylation sites is 1. The third-order valence-electron chi connectivity index (χ3n) is 5.13. The van der Waals surface area contributed by atoms with Gasteiger partial charge in [0.25, 0.3) is 0 Å². The number of imidazole rings is 2. The Morgan fingerprint density at radius 1 is 1.41 bits per heavy atom. The first-order chi connectivity index (χ1) is 13.2. The zero-order chi connectivity index (χ0) is 18.6. The Balaban J connectivity index is 1.27. The molecule has 3 aromatic rings. The molecular weight excluding hydrogens is 342 g/mol. The number of fused-ring (bicyclic) bond motifs is 1. The number of amides is 1. The lowest BCUT2D eigenvalue weighted by Gasteiger charge is -2.32. The summed E-state index contributed by atoms with van der Waals surface area (Å²) in [6.45, 7) is 4.94. The normalized spacial score (nSPS) is 17.5. The average molecular weight is 367 g/mol. The summed E-state index contributed by atoms with van der Waals surface area (Å²) in [5.74, 6) is 1.27. The van der Waals surface area contributed by atoms with Crippen LogP contribution in [0.2, 0.25) is 0 Å². The molecule has 1 aromatic carbocycles. The van der Waals surface area contributed by atoms with Crippen LogP contribution < -0.4 is 0 Å². The molecule has 0 saturated carbocycles. The molecule has 7 nitrogen and oxygen atoms in total. The number of carbonyl (C=O) groups is 1. The zero-order valence-corrected chi connectivity index (χ0v) is 15.6. The van der Waals surface area contributed by atoms with Crippen molar-refractivity contribution in [2.45, 2.75) is 32.9 Å². The van der Waals surface area contributed by atoms with E-state index in [-0.39, 0.29) is 12.5 Å². The minimum atomic E-state index is 0.0534. The van der Waals surface area contributed by atoms with Crippen LogP contribution >= 0.6 is 0 Å². The first kappa shape index (κ1) is 17.7. The number of aromatic nitrogens is 4. The summed E-state index contributed by atoms with van der Waals surface area (Å²) < 4.78 is 7.73. The van der Waals surface area contributed by atoms with E-state index >= 15 is 0 Å². The first-order valence-electron chi connectivity index (χ1n) is 9.44. The number of hydrogen-bond donors (Lipinski definition) is 1. The number of H-pyrrole nitrogens is 1. The molecule has 1 aliphatic heterocycles. The molecule has 1 amide bonds. The van der Waals surface area contributed by atoms with E-state index in [0.717, 1.165) is 54.9 Å². The standard InChI is InChI=1S/C20H25N5O2/c1-15-4-2-6-17-20(15)23-18(22-17)12-27-13-19(26)25-8-3-5-16(11-25)10-24-9-7-21-14-24/h2,4,6-7,9,14,16H,3,5,8,10-13H2,1H3,(H,22,23)/t16-/m1/s1. The highest BCUT2D eigenvalue weighted by Gasteiger charge is 2.24. The maximum absolute atomic E-state index is 12.5. The highest BCUT2D eigenvalue weighted by Crippen LogP contribution is 2.19. The Morgan fingerprint density at radius 2 is 2.33 bits per heavy atom. The van der Waals surface area contributed by atoms with Crippen molar-refractivity contribution in [1.29, 1.82) is 0 Å². The number of rotatable bonds is 6. The Hall–Kier alpha value is -2.67. The molecule has 27 heavy (non-hydrogen) atoms. The molecule has 0 radical (unpaired) electrons. The third kappa shape index (κ3) is 4.19. The van der Waals surface area contributed by atoms with Crippen molar-refractivity contribution < 1.29 is 9.53 Å². The topological polar surface area (TPSA) is 76.0 Å². The molecule has 1 N–H and O–H groups in total. The highest BCUT2D eigenvalue weighted by atomic mass is 16.5. The molecule has 7 heteroatoms. The fourth-order valence-corrected chi connectivity index (χ4v) is 3.75. The molecule has 1 fully saturated rings. The number of aryl methyl sites for hydroxylation is 1. The molecule has 2 aromatic heterocycles. The van der Waals surface area contributed by atoms with Crippen LogP contribution in [0.4, 0.5) is 0 Å². The number of likely N-dealkylation sites (tertiary alicyclic amines) is 1. The van der Waals surface area contributed by atoms with E-state index in [2.05, 4.69) is 19.5 Å². The Bertz CT molecular complexity index is 902. The fourth-order valence-electron chi connectivity index (χ4n) is 3.75.